The molecule has 0 atom stereocenters. The summed E-state index contributed by atoms with van der Waals surface area (Å²) < 4.78 is 0. The predicted molar refractivity (Wildman–Crippen MR) is 86.5 cm³/mol. The molecule has 120 valence electrons. The molecule has 0 heterocycles. The van der Waals surface area contributed by atoms with Crippen LogP contribution in [-0.4, -0.2) is 43.9 Å². The van der Waals surface area contributed by atoms with E-state index in [-0.39, 0.29) is 11.8 Å². The van der Waals surface area contributed by atoms with E-state index in [9.17, 15) is 9.59 Å². The lowest BCUT2D eigenvalue weighted by Crippen LogP contribution is -2.44. The fourth-order valence-electron chi connectivity index (χ4n) is 2.23. The van der Waals surface area contributed by atoms with Crippen molar-refractivity contribution in [2.45, 2.75) is 19.4 Å². The molecular formula is C16H22ClN3O2. The highest BCUT2D eigenvalue weighted by Crippen LogP contribution is 2.46. The van der Waals surface area contributed by atoms with Gasteiger partial charge < -0.3 is 15.5 Å². The van der Waals surface area contributed by atoms with Crippen LogP contribution in [0.4, 0.5) is 0 Å². The van der Waals surface area contributed by atoms with Crippen molar-refractivity contribution in [2.75, 3.05) is 27.2 Å². The lowest BCUT2D eigenvalue weighted by molar-refractivity contribution is -0.137. The van der Waals surface area contributed by atoms with Gasteiger partial charge >= 0.3 is 0 Å². The third-order valence-electron chi connectivity index (χ3n) is 3.86. The Bertz CT molecular complexity index is 556. The molecule has 2 N–H and O–H groups in total. The van der Waals surface area contributed by atoms with Gasteiger partial charge in [0.25, 0.3) is 0 Å². The number of likely N-dealkylation sites (N-methyl/N-ethyl adjacent to an activating group) is 1. The maximum Gasteiger partial charge on any atom is 0.235 e. The smallest absolute Gasteiger partial charge is 0.235 e. The summed E-state index contributed by atoms with van der Waals surface area (Å²) in [6, 6.07) is 7.35. The van der Waals surface area contributed by atoms with Crippen molar-refractivity contribution in [3.8, 4) is 0 Å². The van der Waals surface area contributed by atoms with Crippen molar-refractivity contribution in [1.29, 1.82) is 0 Å². The number of carbonyl (C=O) groups excluding carboxylic acids is 2. The number of nitrogens with zero attached hydrogens (tertiary/aromatic N) is 1. The quantitative estimate of drug-likeness (QED) is 0.746. The lowest BCUT2D eigenvalue weighted by Gasteiger charge is -2.17. The van der Waals surface area contributed by atoms with E-state index < -0.39 is 5.41 Å². The van der Waals surface area contributed by atoms with Crippen molar-refractivity contribution in [3.05, 3.63) is 34.9 Å². The van der Waals surface area contributed by atoms with E-state index in [0.29, 0.717) is 31.0 Å². The highest BCUT2D eigenvalue weighted by Gasteiger charge is 2.56. The van der Waals surface area contributed by atoms with Crippen LogP contribution in [0.15, 0.2) is 24.3 Å². The van der Waals surface area contributed by atoms with E-state index in [1.165, 1.54) is 0 Å². The Hall–Kier alpha value is -1.59. The van der Waals surface area contributed by atoms with Crippen LogP contribution in [0.5, 0.6) is 0 Å². The van der Waals surface area contributed by atoms with Crippen molar-refractivity contribution >= 4 is 23.4 Å². The minimum atomic E-state index is -0.881. The third-order valence-corrected chi connectivity index (χ3v) is 4.23. The Kier molecular flexibility index (Phi) is 5.42. The van der Waals surface area contributed by atoms with Crippen molar-refractivity contribution in [1.82, 2.24) is 15.5 Å². The second kappa shape index (κ2) is 7.11. The van der Waals surface area contributed by atoms with Gasteiger partial charge in [0, 0.05) is 24.7 Å². The molecule has 2 rings (SSSR count). The van der Waals surface area contributed by atoms with Gasteiger partial charge in [0.1, 0.15) is 5.41 Å². The summed E-state index contributed by atoms with van der Waals surface area (Å²) in [4.78, 5) is 26.5. The number of nitrogens with one attached hydrogen (secondary N) is 2. The van der Waals surface area contributed by atoms with Gasteiger partial charge in [-0.1, -0.05) is 29.8 Å². The second-order valence-corrected chi connectivity index (χ2v) is 6.32. The number of benzene rings is 1. The maximum absolute atomic E-state index is 12.3. The summed E-state index contributed by atoms with van der Waals surface area (Å²) in [6.45, 7) is 1.64. The fourth-order valence-corrected chi connectivity index (χ4v) is 2.43. The van der Waals surface area contributed by atoms with E-state index in [0.717, 1.165) is 12.1 Å². The van der Waals surface area contributed by atoms with Crippen LogP contribution in [0.1, 0.15) is 18.4 Å². The largest absolute Gasteiger partial charge is 0.354 e. The van der Waals surface area contributed by atoms with Gasteiger partial charge in [0.05, 0.1) is 0 Å². The van der Waals surface area contributed by atoms with Crippen LogP contribution in [0.25, 0.3) is 0 Å². The first-order valence-corrected chi connectivity index (χ1v) is 7.78. The molecule has 1 aliphatic carbocycles. The Morgan fingerprint density at radius 3 is 2.41 bits per heavy atom. The number of rotatable bonds is 7. The van der Waals surface area contributed by atoms with E-state index in [4.69, 9.17) is 11.6 Å². The summed E-state index contributed by atoms with van der Waals surface area (Å²) in [5.41, 5.74) is -0.0329. The zero-order valence-corrected chi connectivity index (χ0v) is 13.7. The van der Waals surface area contributed by atoms with Gasteiger partial charge in [-0.2, -0.15) is 0 Å². The fraction of sp³-hybridized carbons (Fsp3) is 0.500. The Balaban J connectivity index is 1.86. The molecule has 6 heteroatoms. The molecule has 1 aromatic rings. The van der Waals surface area contributed by atoms with Crippen LogP contribution in [0, 0.1) is 5.41 Å². The van der Waals surface area contributed by atoms with Crippen molar-refractivity contribution in [2.24, 2.45) is 5.41 Å². The maximum atomic E-state index is 12.3. The van der Waals surface area contributed by atoms with Gasteiger partial charge in [-0.25, -0.2) is 0 Å². The van der Waals surface area contributed by atoms with Crippen LogP contribution < -0.4 is 10.6 Å². The third kappa shape index (κ3) is 3.99. The summed E-state index contributed by atoms with van der Waals surface area (Å²) in [5, 5.41) is 6.28. The van der Waals surface area contributed by atoms with E-state index in [2.05, 4.69) is 10.6 Å². The standard InChI is InChI=1S/C16H22ClN3O2/c1-20(2)10-9-18-14(21)16(7-8-16)15(22)19-11-12-5-3-4-6-13(12)17/h3-6H,7-11H2,1-2H3,(H,18,21)(H,19,22). The molecule has 0 aromatic heterocycles. The molecule has 0 spiro atoms. The monoisotopic (exact) mass is 323 g/mol. The Morgan fingerprint density at radius 2 is 1.82 bits per heavy atom. The summed E-state index contributed by atoms with van der Waals surface area (Å²) in [7, 11) is 3.88. The number of carbonyl (C=O) groups is 2. The number of hydrogen-bond donors (Lipinski definition) is 2. The first kappa shape index (κ1) is 16.8. The molecule has 0 radical (unpaired) electrons. The molecule has 1 aliphatic rings. The molecule has 5 nitrogen and oxygen atoms in total. The summed E-state index contributed by atoms with van der Waals surface area (Å²) in [5.74, 6) is -0.388. The van der Waals surface area contributed by atoms with Crippen LogP contribution in [0.3, 0.4) is 0 Å². The molecule has 1 saturated carbocycles. The first-order valence-electron chi connectivity index (χ1n) is 7.40. The zero-order valence-electron chi connectivity index (χ0n) is 13.0. The van der Waals surface area contributed by atoms with Gasteiger partial charge in [-0.05, 0) is 38.6 Å². The van der Waals surface area contributed by atoms with Gasteiger partial charge in [-0.15, -0.1) is 0 Å². The number of halogens is 1. The lowest BCUT2D eigenvalue weighted by atomic mass is 10.0. The molecule has 0 bridgehead atoms. The molecule has 1 aromatic carbocycles. The van der Waals surface area contributed by atoms with Crippen molar-refractivity contribution < 1.29 is 9.59 Å². The molecule has 22 heavy (non-hydrogen) atoms. The topological polar surface area (TPSA) is 61.4 Å². The van der Waals surface area contributed by atoms with E-state index in [1.807, 2.05) is 37.2 Å². The molecular weight excluding hydrogens is 302 g/mol. The minimum absolute atomic E-state index is 0.175. The number of hydrogen-bond acceptors (Lipinski definition) is 3. The van der Waals surface area contributed by atoms with E-state index >= 15 is 0 Å². The highest BCUT2D eigenvalue weighted by molar-refractivity contribution is 6.31. The normalized spacial score (nSPS) is 15.5. The Morgan fingerprint density at radius 1 is 1.18 bits per heavy atom. The molecule has 2 amide bonds. The average Bonchev–Trinajstić information content (AvgIpc) is 3.27. The number of amides is 2. The summed E-state index contributed by atoms with van der Waals surface area (Å²) in [6.07, 6.45) is 1.21. The first-order chi connectivity index (χ1) is 10.5. The van der Waals surface area contributed by atoms with E-state index in [1.54, 1.807) is 6.07 Å². The predicted octanol–water partition coefficient (Wildman–Crippen LogP) is 1.41. The SMILES string of the molecule is CN(C)CCNC(=O)C1(C(=O)NCc2ccccc2Cl)CC1. The van der Waals surface area contributed by atoms with Crippen molar-refractivity contribution in [3.63, 3.8) is 0 Å². The average molecular weight is 324 g/mol. The van der Waals surface area contributed by atoms with Gasteiger partial charge in [0.15, 0.2) is 0 Å². The van der Waals surface area contributed by atoms with Crippen LogP contribution >= 0.6 is 11.6 Å². The molecule has 0 saturated heterocycles. The Labute approximate surface area is 136 Å². The molecule has 0 unspecified atom stereocenters. The highest BCUT2D eigenvalue weighted by atomic mass is 35.5. The molecule has 0 aliphatic heterocycles. The minimum Gasteiger partial charge on any atom is -0.354 e. The van der Waals surface area contributed by atoms with Crippen LogP contribution in [0.2, 0.25) is 5.02 Å². The van der Waals surface area contributed by atoms with Crippen LogP contribution in [-0.2, 0) is 16.1 Å². The second-order valence-electron chi connectivity index (χ2n) is 5.92. The summed E-state index contributed by atoms with van der Waals surface area (Å²) >= 11 is 6.06. The van der Waals surface area contributed by atoms with Gasteiger partial charge in [-0.3, -0.25) is 9.59 Å². The zero-order chi connectivity index (χ0) is 16.2. The van der Waals surface area contributed by atoms with Gasteiger partial charge in [0.2, 0.25) is 11.8 Å². The molecule has 1 fully saturated rings.